The minimum atomic E-state index is -3.62. The van der Waals surface area contributed by atoms with E-state index in [0.717, 1.165) is 36.1 Å². The molecule has 1 N–H and O–H groups in total. The molecule has 26 heavy (non-hydrogen) atoms. The first-order valence-corrected chi connectivity index (χ1v) is 10.3. The molecule has 0 aromatic heterocycles. The average molecular weight is 372 g/mol. The van der Waals surface area contributed by atoms with Crippen LogP contribution in [0.5, 0.6) is 0 Å². The van der Waals surface area contributed by atoms with Crippen LogP contribution in [0.15, 0.2) is 47.4 Å². The first-order valence-electron chi connectivity index (χ1n) is 8.82. The van der Waals surface area contributed by atoms with Crippen LogP contribution in [-0.4, -0.2) is 32.3 Å². The van der Waals surface area contributed by atoms with Crippen LogP contribution >= 0.6 is 0 Å². The Bertz CT molecular complexity index is 905. The van der Waals surface area contributed by atoms with Gasteiger partial charge in [-0.2, -0.15) is 0 Å². The standard InChI is InChI=1S/C20H24N2O3S/c1-15-5-6-16(2)19(14-15)21-26(24,25)18-9-7-17(8-10-18)11-13-22-12-3-4-20(22)23/h5-10,14,21H,3-4,11-13H2,1-2H3. The molecule has 0 unspecified atom stereocenters. The SMILES string of the molecule is Cc1ccc(C)c(NS(=O)(=O)c2ccc(CCN3CCCC3=O)cc2)c1. The lowest BCUT2D eigenvalue weighted by Gasteiger charge is -2.15. The van der Waals surface area contributed by atoms with E-state index in [2.05, 4.69) is 4.72 Å². The molecule has 0 atom stereocenters. The number of amides is 1. The molecular formula is C20H24N2O3S. The lowest BCUT2D eigenvalue weighted by Crippen LogP contribution is -2.26. The zero-order chi connectivity index (χ0) is 18.7. The molecule has 1 aliphatic heterocycles. The second kappa shape index (κ2) is 7.50. The summed E-state index contributed by atoms with van der Waals surface area (Å²) in [6.07, 6.45) is 2.30. The minimum Gasteiger partial charge on any atom is -0.342 e. The van der Waals surface area contributed by atoms with E-state index in [1.807, 2.05) is 49.1 Å². The number of aryl methyl sites for hydroxylation is 2. The van der Waals surface area contributed by atoms with Crippen molar-refractivity contribution in [3.63, 3.8) is 0 Å². The first kappa shape index (κ1) is 18.5. The molecule has 0 saturated carbocycles. The fourth-order valence-electron chi connectivity index (χ4n) is 3.09. The molecule has 1 heterocycles. The third kappa shape index (κ3) is 4.25. The van der Waals surface area contributed by atoms with Crippen molar-refractivity contribution in [3.8, 4) is 0 Å². The summed E-state index contributed by atoms with van der Waals surface area (Å²) >= 11 is 0. The van der Waals surface area contributed by atoms with Crippen LogP contribution in [0.1, 0.15) is 29.5 Å². The highest BCUT2D eigenvalue weighted by molar-refractivity contribution is 7.92. The summed E-state index contributed by atoms with van der Waals surface area (Å²) < 4.78 is 27.9. The van der Waals surface area contributed by atoms with E-state index in [9.17, 15) is 13.2 Å². The van der Waals surface area contributed by atoms with E-state index in [1.54, 1.807) is 12.1 Å². The Hall–Kier alpha value is -2.34. The highest BCUT2D eigenvalue weighted by atomic mass is 32.2. The van der Waals surface area contributed by atoms with Gasteiger partial charge in [-0.25, -0.2) is 8.42 Å². The van der Waals surface area contributed by atoms with Crippen LogP contribution in [0.2, 0.25) is 0 Å². The number of rotatable bonds is 6. The summed E-state index contributed by atoms with van der Waals surface area (Å²) in [6, 6.07) is 12.6. The second-order valence-electron chi connectivity index (χ2n) is 6.80. The predicted molar refractivity (Wildman–Crippen MR) is 103 cm³/mol. The van der Waals surface area contributed by atoms with Gasteiger partial charge in [-0.05, 0) is 61.6 Å². The number of benzene rings is 2. The maximum Gasteiger partial charge on any atom is 0.261 e. The molecule has 0 bridgehead atoms. The maximum atomic E-state index is 12.6. The Morgan fingerprint density at radius 2 is 1.81 bits per heavy atom. The van der Waals surface area contributed by atoms with Crippen molar-refractivity contribution in [2.75, 3.05) is 17.8 Å². The first-order chi connectivity index (χ1) is 12.3. The molecule has 138 valence electrons. The number of hydrogen-bond acceptors (Lipinski definition) is 3. The molecule has 3 rings (SSSR count). The lowest BCUT2D eigenvalue weighted by molar-refractivity contribution is -0.127. The third-order valence-corrected chi connectivity index (χ3v) is 6.09. The van der Waals surface area contributed by atoms with Gasteiger partial charge in [0.1, 0.15) is 0 Å². The summed E-state index contributed by atoms with van der Waals surface area (Å²) in [5.74, 6) is 0.210. The molecule has 2 aromatic rings. The van der Waals surface area contributed by atoms with Gasteiger partial charge in [0.05, 0.1) is 10.6 Å². The Labute approximate surface area is 155 Å². The van der Waals surface area contributed by atoms with Crippen LogP contribution in [-0.2, 0) is 21.2 Å². The number of carbonyl (C=O) groups excluding carboxylic acids is 1. The van der Waals surface area contributed by atoms with Crippen LogP contribution in [0.3, 0.4) is 0 Å². The number of hydrogen-bond donors (Lipinski definition) is 1. The van der Waals surface area contributed by atoms with Gasteiger partial charge < -0.3 is 4.90 Å². The van der Waals surface area contributed by atoms with E-state index in [0.29, 0.717) is 18.7 Å². The molecule has 1 saturated heterocycles. The molecular weight excluding hydrogens is 348 g/mol. The molecule has 2 aromatic carbocycles. The lowest BCUT2D eigenvalue weighted by atomic mass is 10.1. The second-order valence-corrected chi connectivity index (χ2v) is 8.48. The van der Waals surface area contributed by atoms with Gasteiger partial charge in [0.15, 0.2) is 0 Å². The number of carbonyl (C=O) groups is 1. The van der Waals surface area contributed by atoms with Crippen molar-refractivity contribution < 1.29 is 13.2 Å². The number of likely N-dealkylation sites (tertiary alicyclic amines) is 1. The Kier molecular flexibility index (Phi) is 5.32. The predicted octanol–water partition coefficient (Wildman–Crippen LogP) is 3.27. The van der Waals surface area contributed by atoms with E-state index >= 15 is 0 Å². The molecule has 1 aliphatic rings. The highest BCUT2D eigenvalue weighted by Crippen LogP contribution is 2.21. The van der Waals surface area contributed by atoms with Gasteiger partial charge in [0.2, 0.25) is 5.91 Å². The van der Waals surface area contributed by atoms with Gasteiger partial charge in [0, 0.05) is 19.5 Å². The quantitative estimate of drug-likeness (QED) is 0.846. The normalized spacial score (nSPS) is 14.7. The molecule has 0 spiro atoms. The topological polar surface area (TPSA) is 66.5 Å². The average Bonchev–Trinajstić information content (AvgIpc) is 3.01. The largest absolute Gasteiger partial charge is 0.342 e. The van der Waals surface area contributed by atoms with E-state index < -0.39 is 10.0 Å². The number of nitrogens with one attached hydrogen (secondary N) is 1. The van der Waals surface area contributed by atoms with Crippen molar-refractivity contribution in [1.29, 1.82) is 0 Å². The number of sulfonamides is 1. The van der Waals surface area contributed by atoms with Gasteiger partial charge in [-0.1, -0.05) is 24.3 Å². The van der Waals surface area contributed by atoms with Gasteiger partial charge in [-0.3, -0.25) is 9.52 Å². The van der Waals surface area contributed by atoms with Crippen molar-refractivity contribution in [2.24, 2.45) is 0 Å². The molecule has 0 aliphatic carbocycles. The molecule has 0 radical (unpaired) electrons. The van der Waals surface area contributed by atoms with Crippen LogP contribution in [0, 0.1) is 13.8 Å². The Morgan fingerprint density at radius 1 is 1.08 bits per heavy atom. The van der Waals surface area contributed by atoms with Crippen molar-refractivity contribution in [2.45, 2.75) is 38.0 Å². The Morgan fingerprint density at radius 3 is 2.46 bits per heavy atom. The minimum absolute atomic E-state index is 0.210. The monoisotopic (exact) mass is 372 g/mol. The summed E-state index contributed by atoms with van der Waals surface area (Å²) in [7, 11) is -3.62. The molecule has 5 nitrogen and oxygen atoms in total. The molecule has 1 amide bonds. The zero-order valence-electron chi connectivity index (χ0n) is 15.2. The highest BCUT2D eigenvalue weighted by Gasteiger charge is 2.20. The van der Waals surface area contributed by atoms with Crippen molar-refractivity contribution in [3.05, 3.63) is 59.2 Å². The zero-order valence-corrected chi connectivity index (χ0v) is 16.0. The fraction of sp³-hybridized carbons (Fsp3) is 0.350. The van der Waals surface area contributed by atoms with Crippen molar-refractivity contribution >= 4 is 21.6 Å². The van der Waals surface area contributed by atoms with E-state index in [-0.39, 0.29) is 10.8 Å². The summed E-state index contributed by atoms with van der Waals surface area (Å²) in [5, 5.41) is 0. The van der Waals surface area contributed by atoms with E-state index in [1.165, 1.54) is 0 Å². The van der Waals surface area contributed by atoms with Gasteiger partial charge in [-0.15, -0.1) is 0 Å². The van der Waals surface area contributed by atoms with Crippen LogP contribution in [0.4, 0.5) is 5.69 Å². The summed E-state index contributed by atoms with van der Waals surface area (Å²) in [6.45, 7) is 5.31. The maximum absolute atomic E-state index is 12.6. The van der Waals surface area contributed by atoms with Crippen LogP contribution < -0.4 is 4.72 Å². The Balaban J connectivity index is 1.68. The van der Waals surface area contributed by atoms with Gasteiger partial charge >= 0.3 is 0 Å². The van der Waals surface area contributed by atoms with E-state index in [4.69, 9.17) is 0 Å². The smallest absolute Gasteiger partial charge is 0.261 e. The van der Waals surface area contributed by atoms with Crippen molar-refractivity contribution in [1.82, 2.24) is 4.90 Å². The van der Waals surface area contributed by atoms with Crippen LogP contribution in [0.25, 0.3) is 0 Å². The van der Waals surface area contributed by atoms with Gasteiger partial charge in [0.25, 0.3) is 10.0 Å². The molecule has 1 fully saturated rings. The number of anilines is 1. The molecule has 6 heteroatoms. The fourth-order valence-corrected chi connectivity index (χ4v) is 4.21. The summed E-state index contributed by atoms with van der Waals surface area (Å²) in [4.78, 5) is 13.7. The summed E-state index contributed by atoms with van der Waals surface area (Å²) in [5.41, 5.74) is 3.50. The number of nitrogens with zero attached hydrogens (tertiary/aromatic N) is 1. The third-order valence-electron chi connectivity index (χ3n) is 4.71.